The number of carbonyl (C=O) groups excluding carboxylic acids is 2. The van der Waals surface area contributed by atoms with Gasteiger partial charge in [-0.25, -0.2) is 4.98 Å². The van der Waals surface area contributed by atoms with Gasteiger partial charge in [-0.2, -0.15) is 0 Å². The minimum Gasteiger partial charge on any atom is -0.492 e. The third kappa shape index (κ3) is 8.19. The highest BCUT2D eigenvalue weighted by molar-refractivity contribution is 7.09. The van der Waals surface area contributed by atoms with E-state index in [1.165, 1.54) is 4.88 Å². The van der Waals surface area contributed by atoms with Crippen LogP contribution in [0.5, 0.6) is 5.75 Å². The molecule has 8 heteroatoms. The standard InChI is InChI=1S/C33H42N4O3S/c1-5-25(6-2)37-30-17-15-24(21-29(30)35-31(37)22-27-13-10-20-41-27)32(38)36-28(16-14-23(3)4)33(39)34-18-19-40-26-11-8-7-9-12-26/h7-13,15,17,20-21,23,25,28H,5-6,14,16,18-19,22H2,1-4H3,(H,34,39)(H,36,38). The van der Waals surface area contributed by atoms with Crippen molar-refractivity contribution in [2.75, 3.05) is 13.2 Å². The number of nitrogens with one attached hydrogen (secondary N) is 2. The van der Waals surface area contributed by atoms with Gasteiger partial charge in [-0.1, -0.05) is 52.0 Å². The molecule has 2 amide bonds. The lowest BCUT2D eigenvalue weighted by atomic mass is 10.0. The minimum atomic E-state index is -0.631. The Morgan fingerprint density at radius 1 is 1.00 bits per heavy atom. The quantitative estimate of drug-likeness (QED) is 0.153. The van der Waals surface area contributed by atoms with Crippen LogP contribution in [0.15, 0.2) is 66.0 Å². The average molecular weight is 575 g/mol. The molecule has 41 heavy (non-hydrogen) atoms. The zero-order valence-electron chi connectivity index (χ0n) is 24.6. The van der Waals surface area contributed by atoms with Gasteiger partial charge in [0, 0.05) is 22.9 Å². The number of ether oxygens (including phenoxy) is 1. The monoisotopic (exact) mass is 574 g/mol. The summed E-state index contributed by atoms with van der Waals surface area (Å²) in [7, 11) is 0. The summed E-state index contributed by atoms with van der Waals surface area (Å²) in [6.07, 6.45) is 4.15. The SMILES string of the molecule is CCC(CC)n1c(Cc2cccs2)nc2cc(C(=O)NC(CCC(C)C)C(=O)NCCOc3ccccc3)ccc21. The Kier molecular flexibility index (Phi) is 11.0. The van der Waals surface area contributed by atoms with E-state index in [4.69, 9.17) is 9.72 Å². The van der Waals surface area contributed by atoms with Crippen molar-refractivity contribution in [1.82, 2.24) is 20.2 Å². The Morgan fingerprint density at radius 2 is 1.78 bits per heavy atom. The Bertz CT molecular complexity index is 1390. The van der Waals surface area contributed by atoms with E-state index < -0.39 is 6.04 Å². The lowest BCUT2D eigenvalue weighted by Crippen LogP contribution is -2.47. The van der Waals surface area contributed by atoms with Crippen molar-refractivity contribution >= 4 is 34.2 Å². The summed E-state index contributed by atoms with van der Waals surface area (Å²) in [6, 6.07) is 19.1. The molecule has 4 rings (SSSR count). The van der Waals surface area contributed by atoms with Crippen LogP contribution in [0.1, 0.15) is 80.5 Å². The Hall–Kier alpha value is -3.65. The summed E-state index contributed by atoms with van der Waals surface area (Å²) in [5.74, 6) is 1.71. The van der Waals surface area contributed by atoms with Crippen molar-refractivity contribution in [3.8, 4) is 5.75 Å². The number of para-hydroxylation sites is 1. The van der Waals surface area contributed by atoms with Gasteiger partial charge in [0.2, 0.25) is 5.91 Å². The molecule has 2 aromatic carbocycles. The van der Waals surface area contributed by atoms with E-state index in [1.807, 2.05) is 48.5 Å². The summed E-state index contributed by atoms with van der Waals surface area (Å²) in [5, 5.41) is 8.00. The maximum absolute atomic E-state index is 13.4. The first-order valence-corrected chi connectivity index (χ1v) is 15.6. The number of benzene rings is 2. The van der Waals surface area contributed by atoms with Crippen molar-refractivity contribution in [1.29, 1.82) is 0 Å². The number of carbonyl (C=O) groups is 2. The number of rotatable bonds is 15. The fourth-order valence-electron chi connectivity index (χ4n) is 5.04. The molecule has 0 saturated carbocycles. The van der Waals surface area contributed by atoms with E-state index in [9.17, 15) is 9.59 Å². The van der Waals surface area contributed by atoms with Gasteiger partial charge in [0.25, 0.3) is 5.91 Å². The second-order valence-electron chi connectivity index (χ2n) is 10.8. The van der Waals surface area contributed by atoms with Gasteiger partial charge >= 0.3 is 0 Å². The molecular weight excluding hydrogens is 532 g/mol. The zero-order chi connectivity index (χ0) is 29.2. The molecule has 0 bridgehead atoms. The summed E-state index contributed by atoms with van der Waals surface area (Å²) >= 11 is 1.73. The number of hydrogen-bond acceptors (Lipinski definition) is 5. The lowest BCUT2D eigenvalue weighted by molar-refractivity contribution is -0.123. The third-order valence-electron chi connectivity index (χ3n) is 7.31. The van der Waals surface area contributed by atoms with E-state index >= 15 is 0 Å². The Balaban J connectivity index is 1.48. The molecule has 0 saturated heterocycles. The van der Waals surface area contributed by atoms with Gasteiger partial charge < -0.3 is 19.9 Å². The molecule has 218 valence electrons. The van der Waals surface area contributed by atoms with E-state index in [0.717, 1.165) is 48.3 Å². The first kappa shape index (κ1) is 30.3. The van der Waals surface area contributed by atoms with Crippen LogP contribution in [0.2, 0.25) is 0 Å². The summed E-state index contributed by atoms with van der Waals surface area (Å²) < 4.78 is 8.03. The number of thiophene rings is 1. The van der Waals surface area contributed by atoms with Crippen LogP contribution in [-0.4, -0.2) is 40.6 Å². The number of aromatic nitrogens is 2. The summed E-state index contributed by atoms with van der Waals surface area (Å²) in [6.45, 7) is 9.34. The van der Waals surface area contributed by atoms with Gasteiger partial charge in [-0.3, -0.25) is 9.59 Å². The smallest absolute Gasteiger partial charge is 0.252 e. The molecule has 7 nitrogen and oxygen atoms in total. The van der Waals surface area contributed by atoms with Gasteiger partial charge in [-0.15, -0.1) is 11.3 Å². The van der Waals surface area contributed by atoms with Crippen molar-refractivity contribution in [2.45, 2.75) is 71.9 Å². The van der Waals surface area contributed by atoms with E-state index in [1.54, 1.807) is 11.3 Å². The molecule has 2 N–H and O–H groups in total. The normalized spacial score (nSPS) is 12.1. The predicted octanol–water partition coefficient (Wildman–Crippen LogP) is 6.78. The van der Waals surface area contributed by atoms with E-state index in [0.29, 0.717) is 37.1 Å². The zero-order valence-corrected chi connectivity index (χ0v) is 25.4. The van der Waals surface area contributed by atoms with Crippen LogP contribution in [0.25, 0.3) is 11.0 Å². The van der Waals surface area contributed by atoms with Gasteiger partial charge in [-0.05, 0) is 73.4 Å². The predicted molar refractivity (Wildman–Crippen MR) is 167 cm³/mol. The van der Waals surface area contributed by atoms with Crippen LogP contribution >= 0.6 is 11.3 Å². The van der Waals surface area contributed by atoms with Crippen LogP contribution in [0, 0.1) is 5.92 Å². The van der Waals surface area contributed by atoms with Gasteiger partial charge in [0.1, 0.15) is 24.2 Å². The van der Waals surface area contributed by atoms with Crippen molar-refractivity contribution in [3.05, 3.63) is 82.3 Å². The lowest BCUT2D eigenvalue weighted by Gasteiger charge is -2.20. The largest absolute Gasteiger partial charge is 0.492 e. The molecular formula is C33H42N4O3S. The van der Waals surface area contributed by atoms with E-state index in [2.05, 4.69) is 60.4 Å². The van der Waals surface area contributed by atoms with Crippen molar-refractivity contribution < 1.29 is 14.3 Å². The fraction of sp³-hybridized carbons (Fsp3) is 0.424. The van der Waals surface area contributed by atoms with Crippen molar-refractivity contribution in [2.24, 2.45) is 5.92 Å². The molecule has 0 fully saturated rings. The number of imidazole rings is 1. The molecule has 0 aliphatic rings. The highest BCUT2D eigenvalue weighted by Gasteiger charge is 2.23. The van der Waals surface area contributed by atoms with Crippen LogP contribution in [-0.2, 0) is 11.2 Å². The van der Waals surface area contributed by atoms with Gasteiger partial charge in [0.15, 0.2) is 0 Å². The molecule has 1 atom stereocenters. The second-order valence-corrected chi connectivity index (χ2v) is 11.8. The van der Waals surface area contributed by atoms with Crippen LogP contribution < -0.4 is 15.4 Å². The minimum absolute atomic E-state index is 0.201. The number of nitrogens with zero attached hydrogens (tertiary/aromatic N) is 2. The molecule has 0 aliphatic heterocycles. The maximum Gasteiger partial charge on any atom is 0.252 e. The van der Waals surface area contributed by atoms with E-state index in [-0.39, 0.29) is 11.8 Å². The summed E-state index contributed by atoms with van der Waals surface area (Å²) in [4.78, 5) is 32.8. The average Bonchev–Trinajstić information content (AvgIpc) is 3.62. The fourth-order valence-corrected chi connectivity index (χ4v) is 5.74. The number of amides is 2. The second kappa shape index (κ2) is 14.8. The number of fused-ring (bicyclic) bond motifs is 1. The molecule has 2 heterocycles. The molecule has 0 spiro atoms. The molecule has 0 radical (unpaired) electrons. The molecule has 2 aromatic heterocycles. The van der Waals surface area contributed by atoms with Crippen LogP contribution in [0.3, 0.4) is 0 Å². The van der Waals surface area contributed by atoms with Crippen molar-refractivity contribution in [3.63, 3.8) is 0 Å². The summed E-state index contributed by atoms with van der Waals surface area (Å²) in [5.41, 5.74) is 2.34. The Morgan fingerprint density at radius 3 is 2.46 bits per heavy atom. The molecule has 0 aliphatic carbocycles. The topological polar surface area (TPSA) is 85.2 Å². The maximum atomic E-state index is 13.4. The number of hydrogen-bond donors (Lipinski definition) is 2. The first-order chi connectivity index (χ1) is 19.9. The van der Waals surface area contributed by atoms with Gasteiger partial charge in [0.05, 0.1) is 17.6 Å². The Labute approximate surface area is 247 Å². The highest BCUT2D eigenvalue weighted by atomic mass is 32.1. The molecule has 4 aromatic rings. The third-order valence-corrected chi connectivity index (χ3v) is 8.19. The molecule has 1 unspecified atom stereocenters. The highest BCUT2D eigenvalue weighted by Crippen LogP contribution is 2.28. The first-order valence-electron chi connectivity index (χ1n) is 14.7. The van der Waals surface area contributed by atoms with Crippen LogP contribution in [0.4, 0.5) is 0 Å².